The average molecular weight is 395 g/mol. The number of methoxy groups -OCH3 is 1. The summed E-state index contributed by atoms with van der Waals surface area (Å²) >= 11 is 1.30. The zero-order valence-corrected chi connectivity index (χ0v) is 16.6. The first-order valence-corrected chi connectivity index (χ1v) is 9.64. The zero-order valence-electron chi connectivity index (χ0n) is 15.8. The predicted molar refractivity (Wildman–Crippen MR) is 110 cm³/mol. The van der Waals surface area contributed by atoms with Crippen molar-refractivity contribution >= 4 is 23.2 Å². The van der Waals surface area contributed by atoms with Crippen LogP contribution in [0.5, 0.6) is 5.75 Å². The topological polar surface area (TPSA) is 55.8 Å². The van der Waals surface area contributed by atoms with Crippen molar-refractivity contribution in [1.29, 1.82) is 0 Å². The van der Waals surface area contributed by atoms with E-state index < -0.39 is 5.97 Å². The summed E-state index contributed by atoms with van der Waals surface area (Å²) < 4.78 is 10.6. The molecular formula is C22H21NO4S. The molecule has 0 bridgehead atoms. The normalized spacial score (nSPS) is 10.4. The number of para-hydroxylation sites is 1. The van der Waals surface area contributed by atoms with Crippen LogP contribution in [0.25, 0.3) is 11.1 Å². The molecule has 0 aliphatic rings. The molecule has 5 nitrogen and oxygen atoms in total. The summed E-state index contributed by atoms with van der Waals surface area (Å²) in [5, 5.41) is 1.84. The third-order valence-corrected chi connectivity index (χ3v) is 5.18. The van der Waals surface area contributed by atoms with Gasteiger partial charge in [-0.15, -0.1) is 11.3 Å². The SMILES string of the molecule is COc1ccccc1CN(C)C(=O)COC(=O)c1sccc1-c1ccccc1. The summed E-state index contributed by atoms with van der Waals surface area (Å²) in [7, 11) is 3.26. The molecule has 3 aromatic rings. The molecule has 3 rings (SSSR count). The van der Waals surface area contributed by atoms with Crippen molar-refractivity contribution in [3.8, 4) is 16.9 Å². The number of rotatable bonds is 7. The molecule has 0 aliphatic carbocycles. The van der Waals surface area contributed by atoms with Crippen LogP contribution in [0.1, 0.15) is 15.2 Å². The quantitative estimate of drug-likeness (QED) is 0.562. The van der Waals surface area contributed by atoms with E-state index in [0.717, 1.165) is 16.7 Å². The Balaban J connectivity index is 1.60. The molecule has 0 radical (unpaired) electrons. The van der Waals surface area contributed by atoms with E-state index >= 15 is 0 Å². The Hall–Kier alpha value is -3.12. The molecule has 0 unspecified atom stereocenters. The van der Waals surface area contributed by atoms with Crippen LogP contribution in [-0.4, -0.2) is 37.5 Å². The van der Waals surface area contributed by atoms with Crippen molar-refractivity contribution in [2.24, 2.45) is 0 Å². The molecule has 0 atom stereocenters. The van der Waals surface area contributed by atoms with Gasteiger partial charge in [-0.3, -0.25) is 4.79 Å². The van der Waals surface area contributed by atoms with Gasteiger partial charge in [0.25, 0.3) is 5.91 Å². The molecule has 28 heavy (non-hydrogen) atoms. The Morgan fingerprint density at radius 2 is 1.71 bits per heavy atom. The van der Waals surface area contributed by atoms with Gasteiger partial charge in [0, 0.05) is 24.7 Å². The second-order valence-corrected chi connectivity index (χ2v) is 7.08. The average Bonchev–Trinajstić information content (AvgIpc) is 3.22. The Morgan fingerprint density at radius 1 is 1.00 bits per heavy atom. The fourth-order valence-corrected chi connectivity index (χ4v) is 3.60. The standard InChI is InChI=1S/C22H21NO4S/c1-23(14-17-10-6-7-11-19(17)26-2)20(24)15-27-22(25)21-18(12-13-28-21)16-8-4-3-5-9-16/h3-13H,14-15H2,1-2H3. The van der Waals surface area contributed by atoms with Gasteiger partial charge in [0.2, 0.25) is 0 Å². The highest BCUT2D eigenvalue weighted by Crippen LogP contribution is 2.28. The van der Waals surface area contributed by atoms with E-state index in [1.54, 1.807) is 14.2 Å². The number of carbonyl (C=O) groups is 2. The molecule has 1 aromatic heterocycles. The van der Waals surface area contributed by atoms with Crippen molar-refractivity contribution < 1.29 is 19.1 Å². The number of hydrogen-bond acceptors (Lipinski definition) is 5. The van der Waals surface area contributed by atoms with Crippen LogP contribution < -0.4 is 4.74 Å². The Labute approximate surface area is 168 Å². The Morgan fingerprint density at radius 3 is 2.46 bits per heavy atom. The van der Waals surface area contributed by atoms with Crippen LogP contribution in [0.15, 0.2) is 66.0 Å². The number of esters is 1. The molecule has 144 valence electrons. The molecule has 0 fully saturated rings. The molecule has 6 heteroatoms. The lowest BCUT2D eigenvalue weighted by Crippen LogP contribution is -2.30. The van der Waals surface area contributed by atoms with Gasteiger partial charge in [0.1, 0.15) is 10.6 Å². The van der Waals surface area contributed by atoms with Gasteiger partial charge in [-0.05, 0) is 23.1 Å². The number of thiophene rings is 1. The number of amides is 1. The van der Waals surface area contributed by atoms with Crippen LogP contribution in [0, 0.1) is 0 Å². The largest absolute Gasteiger partial charge is 0.496 e. The van der Waals surface area contributed by atoms with E-state index in [1.165, 1.54) is 16.2 Å². The summed E-state index contributed by atoms with van der Waals surface area (Å²) in [6.45, 7) is 0.0608. The summed E-state index contributed by atoms with van der Waals surface area (Å²) in [6.07, 6.45) is 0. The minimum Gasteiger partial charge on any atom is -0.496 e. The number of ether oxygens (including phenoxy) is 2. The minimum atomic E-state index is -0.493. The molecule has 0 N–H and O–H groups in total. The van der Waals surface area contributed by atoms with Gasteiger partial charge >= 0.3 is 5.97 Å². The lowest BCUT2D eigenvalue weighted by molar-refractivity contribution is -0.133. The summed E-state index contributed by atoms with van der Waals surface area (Å²) in [5.41, 5.74) is 2.64. The molecule has 0 spiro atoms. The third-order valence-electron chi connectivity index (χ3n) is 4.29. The van der Waals surface area contributed by atoms with E-state index in [1.807, 2.05) is 66.0 Å². The van der Waals surface area contributed by atoms with E-state index in [-0.39, 0.29) is 12.5 Å². The smallest absolute Gasteiger partial charge is 0.349 e. The highest BCUT2D eigenvalue weighted by atomic mass is 32.1. The number of benzene rings is 2. The summed E-state index contributed by atoms with van der Waals surface area (Å²) in [6, 6.07) is 19.0. The molecule has 2 aromatic carbocycles. The summed E-state index contributed by atoms with van der Waals surface area (Å²) in [5.74, 6) is -0.0600. The van der Waals surface area contributed by atoms with Gasteiger partial charge in [-0.2, -0.15) is 0 Å². The molecule has 0 aliphatic heterocycles. The number of nitrogens with zero attached hydrogens (tertiary/aromatic N) is 1. The van der Waals surface area contributed by atoms with E-state index in [2.05, 4.69) is 0 Å². The summed E-state index contributed by atoms with van der Waals surface area (Å²) in [4.78, 5) is 26.9. The van der Waals surface area contributed by atoms with Crippen LogP contribution in [0.2, 0.25) is 0 Å². The first-order valence-electron chi connectivity index (χ1n) is 8.76. The van der Waals surface area contributed by atoms with Gasteiger partial charge in [-0.25, -0.2) is 4.79 Å². The van der Waals surface area contributed by atoms with Crippen molar-refractivity contribution in [3.05, 3.63) is 76.5 Å². The first-order chi connectivity index (χ1) is 13.6. The van der Waals surface area contributed by atoms with E-state index in [0.29, 0.717) is 17.2 Å². The van der Waals surface area contributed by atoms with Crippen LogP contribution in [-0.2, 0) is 16.1 Å². The molecule has 0 saturated heterocycles. The van der Waals surface area contributed by atoms with E-state index in [9.17, 15) is 9.59 Å². The first kappa shape index (κ1) is 19.6. The predicted octanol–water partition coefficient (Wildman–Crippen LogP) is 4.24. The van der Waals surface area contributed by atoms with E-state index in [4.69, 9.17) is 9.47 Å². The molecule has 0 saturated carbocycles. The van der Waals surface area contributed by atoms with Gasteiger partial charge in [-0.1, -0.05) is 48.5 Å². The molecule has 1 amide bonds. The van der Waals surface area contributed by atoms with Crippen molar-refractivity contribution in [3.63, 3.8) is 0 Å². The van der Waals surface area contributed by atoms with Crippen LogP contribution in [0.3, 0.4) is 0 Å². The van der Waals surface area contributed by atoms with Gasteiger partial charge < -0.3 is 14.4 Å². The fraction of sp³-hybridized carbons (Fsp3) is 0.182. The molecule has 1 heterocycles. The van der Waals surface area contributed by atoms with Gasteiger partial charge in [0.05, 0.1) is 7.11 Å². The van der Waals surface area contributed by atoms with Crippen molar-refractivity contribution in [2.75, 3.05) is 20.8 Å². The highest BCUT2D eigenvalue weighted by molar-refractivity contribution is 7.12. The molecular weight excluding hydrogens is 374 g/mol. The minimum absolute atomic E-state index is 0.280. The lowest BCUT2D eigenvalue weighted by Gasteiger charge is -2.18. The van der Waals surface area contributed by atoms with Gasteiger partial charge in [0.15, 0.2) is 6.61 Å². The third kappa shape index (κ3) is 4.58. The van der Waals surface area contributed by atoms with Crippen LogP contribution in [0.4, 0.5) is 0 Å². The van der Waals surface area contributed by atoms with Crippen molar-refractivity contribution in [2.45, 2.75) is 6.54 Å². The maximum absolute atomic E-state index is 12.5. The van der Waals surface area contributed by atoms with Crippen LogP contribution >= 0.6 is 11.3 Å². The Bertz CT molecular complexity index is 952. The second kappa shape index (κ2) is 9.19. The number of carbonyl (C=O) groups excluding carboxylic acids is 2. The highest BCUT2D eigenvalue weighted by Gasteiger charge is 2.19. The fourth-order valence-electron chi connectivity index (χ4n) is 2.79. The maximum atomic E-state index is 12.5. The second-order valence-electron chi connectivity index (χ2n) is 6.17. The monoisotopic (exact) mass is 395 g/mol. The Kier molecular flexibility index (Phi) is 6.45. The maximum Gasteiger partial charge on any atom is 0.349 e. The lowest BCUT2D eigenvalue weighted by atomic mass is 10.1. The van der Waals surface area contributed by atoms with Crippen molar-refractivity contribution in [1.82, 2.24) is 4.90 Å². The zero-order chi connectivity index (χ0) is 19.9. The number of hydrogen-bond donors (Lipinski definition) is 0. The number of likely N-dealkylation sites (N-methyl/N-ethyl adjacent to an activating group) is 1.